The van der Waals surface area contributed by atoms with Crippen LogP contribution in [0.5, 0.6) is 5.75 Å². The van der Waals surface area contributed by atoms with Crippen molar-refractivity contribution in [2.45, 2.75) is 6.92 Å². The topological polar surface area (TPSA) is 78.3 Å². The first-order valence-corrected chi connectivity index (χ1v) is 5.49. The first-order chi connectivity index (χ1) is 8.54. The van der Waals surface area contributed by atoms with Gasteiger partial charge in [-0.15, -0.1) is 0 Å². The minimum atomic E-state index is -0.371. The molecular weight excluding hydrogens is 228 g/mol. The molecule has 0 aliphatic heterocycles. The van der Waals surface area contributed by atoms with Crippen LogP contribution in [0.25, 0.3) is 11.1 Å². The monoisotopic (exact) mass is 242 g/mol. The summed E-state index contributed by atoms with van der Waals surface area (Å²) in [5, 5.41) is 0. The van der Waals surface area contributed by atoms with Crippen molar-refractivity contribution in [2.75, 3.05) is 11.5 Å². The Morgan fingerprint density at radius 3 is 2.22 bits per heavy atom. The fourth-order valence-corrected chi connectivity index (χ4v) is 1.69. The lowest BCUT2D eigenvalue weighted by atomic mass is 10.0. The highest BCUT2D eigenvalue weighted by atomic mass is 16.5. The van der Waals surface area contributed by atoms with E-state index in [1.54, 1.807) is 12.1 Å². The Balaban J connectivity index is 2.41. The van der Waals surface area contributed by atoms with Crippen molar-refractivity contribution in [1.29, 1.82) is 0 Å². The fraction of sp³-hybridized carbons (Fsp3) is 0.0714. The SMILES string of the molecule is CC(=O)Oc1cc(N)cc(-c2ccc(N)cc2)c1. The summed E-state index contributed by atoms with van der Waals surface area (Å²) < 4.78 is 5.04. The molecule has 0 aliphatic carbocycles. The number of nitrogens with two attached hydrogens (primary N) is 2. The van der Waals surface area contributed by atoms with Crippen LogP contribution in [-0.4, -0.2) is 5.97 Å². The Hall–Kier alpha value is -2.49. The average molecular weight is 242 g/mol. The number of rotatable bonds is 2. The molecule has 0 spiro atoms. The highest BCUT2D eigenvalue weighted by Gasteiger charge is 2.04. The number of hydrogen-bond acceptors (Lipinski definition) is 4. The van der Waals surface area contributed by atoms with Crippen molar-refractivity contribution < 1.29 is 9.53 Å². The van der Waals surface area contributed by atoms with Crippen LogP contribution in [0.3, 0.4) is 0 Å². The van der Waals surface area contributed by atoms with Crippen LogP contribution >= 0.6 is 0 Å². The third-order valence-electron chi connectivity index (χ3n) is 2.43. The van der Waals surface area contributed by atoms with Gasteiger partial charge < -0.3 is 16.2 Å². The number of hydrogen-bond donors (Lipinski definition) is 2. The third-order valence-corrected chi connectivity index (χ3v) is 2.43. The predicted molar refractivity (Wildman–Crippen MR) is 72.0 cm³/mol. The van der Waals surface area contributed by atoms with E-state index in [-0.39, 0.29) is 5.97 Å². The third kappa shape index (κ3) is 2.79. The summed E-state index contributed by atoms with van der Waals surface area (Å²) in [6.07, 6.45) is 0. The van der Waals surface area contributed by atoms with Crippen LogP contribution in [0.15, 0.2) is 42.5 Å². The Morgan fingerprint density at radius 1 is 0.944 bits per heavy atom. The molecule has 0 fully saturated rings. The van der Waals surface area contributed by atoms with Gasteiger partial charge in [0.25, 0.3) is 0 Å². The summed E-state index contributed by atoms with van der Waals surface area (Å²) in [5.74, 6) is 0.0678. The van der Waals surface area contributed by atoms with Crippen LogP contribution in [0.4, 0.5) is 11.4 Å². The Bertz CT molecular complexity index is 577. The van der Waals surface area contributed by atoms with E-state index in [1.807, 2.05) is 30.3 Å². The average Bonchev–Trinajstić information content (AvgIpc) is 2.28. The highest BCUT2D eigenvalue weighted by molar-refractivity contribution is 5.74. The molecule has 0 heterocycles. The largest absolute Gasteiger partial charge is 0.427 e. The smallest absolute Gasteiger partial charge is 0.308 e. The van der Waals surface area contributed by atoms with Crippen molar-refractivity contribution in [3.05, 3.63) is 42.5 Å². The zero-order valence-electron chi connectivity index (χ0n) is 10.0. The van der Waals surface area contributed by atoms with Crippen molar-refractivity contribution in [1.82, 2.24) is 0 Å². The molecule has 0 unspecified atom stereocenters. The molecule has 2 aromatic rings. The van der Waals surface area contributed by atoms with Gasteiger partial charge in [-0.1, -0.05) is 12.1 Å². The van der Waals surface area contributed by atoms with E-state index >= 15 is 0 Å². The maximum atomic E-state index is 10.9. The minimum absolute atomic E-state index is 0.371. The van der Waals surface area contributed by atoms with E-state index in [4.69, 9.17) is 16.2 Å². The lowest BCUT2D eigenvalue weighted by molar-refractivity contribution is -0.131. The molecule has 0 radical (unpaired) electrons. The van der Waals surface area contributed by atoms with Gasteiger partial charge in [0.1, 0.15) is 5.75 Å². The maximum Gasteiger partial charge on any atom is 0.308 e. The number of esters is 1. The van der Waals surface area contributed by atoms with E-state index in [0.717, 1.165) is 11.1 Å². The van der Waals surface area contributed by atoms with Gasteiger partial charge in [-0.3, -0.25) is 4.79 Å². The van der Waals surface area contributed by atoms with Crippen molar-refractivity contribution in [3.8, 4) is 16.9 Å². The minimum Gasteiger partial charge on any atom is -0.427 e. The molecule has 0 aliphatic rings. The van der Waals surface area contributed by atoms with Gasteiger partial charge in [-0.25, -0.2) is 0 Å². The van der Waals surface area contributed by atoms with E-state index in [2.05, 4.69) is 0 Å². The van der Waals surface area contributed by atoms with Gasteiger partial charge >= 0.3 is 5.97 Å². The molecule has 4 nitrogen and oxygen atoms in total. The summed E-state index contributed by atoms with van der Waals surface area (Å²) in [4.78, 5) is 10.9. The zero-order chi connectivity index (χ0) is 13.1. The van der Waals surface area contributed by atoms with Gasteiger partial charge in [0.05, 0.1) is 0 Å². The molecule has 0 saturated heterocycles. The van der Waals surface area contributed by atoms with Crippen molar-refractivity contribution in [3.63, 3.8) is 0 Å². The number of carbonyl (C=O) groups is 1. The summed E-state index contributed by atoms with van der Waals surface area (Å²) in [5.41, 5.74) is 14.5. The zero-order valence-corrected chi connectivity index (χ0v) is 10.0. The highest BCUT2D eigenvalue weighted by Crippen LogP contribution is 2.28. The summed E-state index contributed by atoms with van der Waals surface area (Å²) in [7, 11) is 0. The molecule has 18 heavy (non-hydrogen) atoms. The summed E-state index contributed by atoms with van der Waals surface area (Å²) >= 11 is 0. The van der Waals surface area contributed by atoms with Crippen LogP contribution in [0, 0.1) is 0 Å². The van der Waals surface area contributed by atoms with Crippen LogP contribution in [0.1, 0.15) is 6.92 Å². The van der Waals surface area contributed by atoms with Gasteiger partial charge in [0.2, 0.25) is 0 Å². The summed E-state index contributed by atoms with van der Waals surface area (Å²) in [6.45, 7) is 1.35. The Morgan fingerprint density at radius 2 is 1.61 bits per heavy atom. The molecule has 4 heteroatoms. The first kappa shape index (κ1) is 12.0. The van der Waals surface area contributed by atoms with Crippen LogP contribution < -0.4 is 16.2 Å². The molecule has 0 aromatic heterocycles. The van der Waals surface area contributed by atoms with Crippen molar-refractivity contribution in [2.24, 2.45) is 0 Å². The Kier molecular flexibility index (Phi) is 3.19. The second-order valence-electron chi connectivity index (χ2n) is 4.01. The van der Waals surface area contributed by atoms with E-state index in [1.165, 1.54) is 6.92 Å². The normalized spacial score (nSPS) is 10.1. The lowest BCUT2D eigenvalue weighted by Crippen LogP contribution is -2.02. The predicted octanol–water partition coefficient (Wildman–Crippen LogP) is 2.44. The number of benzene rings is 2. The molecule has 0 atom stereocenters. The van der Waals surface area contributed by atoms with E-state index in [9.17, 15) is 4.79 Å². The van der Waals surface area contributed by atoms with Crippen LogP contribution in [0.2, 0.25) is 0 Å². The molecule has 0 saturated carbocycles. The molecule has 2 aromatic carbocycles. The first-order valence-electron chi connectivity index (χ1n) is 5.49. The molecule has 2 rings (SSSR count). The standard InChI is InChI=1S/C14H14N2O2/c1-9(17)18-14-7-11(6-13(16)8-14)10-2-4-12(15)5-3-10/h2-8H,15-16H2,1H3. The van der Waals surface area contributed by atoms with E-state index in [0.29, 0.717) is 17.1 Å². The molecule has 4 N–H and O–H groups in total. The summed E-state index contributed by atoms with van der Waals surface area (Å²) in [6, 6.07) is 12.6. The maximum absolute atomic E-state index is 10.9. The Labute approximate surface area is 105 Å². The molecular formula is C14H14N2O2. The second kappa shape index (κ2) is 4.79. The number of ether oxygens (including phenoxy) is 1. The second-order valence-corrected chi connectivity index (χ2v) is 4.01. The number of nitrogen functional groups attached to an aromatic ring is 2. The van der Waals surface area contributed by atoms with Gasteiger partial charge in [-0.2, -0.15) is 0 Å². The van der Waals surface area contributed by atoms with Gasteiger partial charge in [0, 0.05) is 24.4 Å². The molecule has 0 amide bonds. The van der Waals surface area contributed by atoms with Crippen LogP contribution in [-0.2, 0) is 4.79 Å². The molecule has 92 valence electrons. The van der Waals surface area contributed by atoms with Gasteiger partial charge in [0.15, 0.2) is 0 Å². The number of anilines is 2. The molecule has 0 bridgehead atoms. The quantitative estimate of drug-likeness (QED) is 0.481. The lowest BCUT2D eigenvalue weighted by Gasteiger charge is -2.07. The van der Waals surface area contributed by atoms with Gasteiger partial charge in [-0.05, 0) is 35.4 Å². The number of carbonyl (C=O) groups excluding carboxylic acids is 1. The van der Waals surface area contributed by atoms with Crippen molar-refractivity contribution >= 4 is 17.3 Å². The fourth-order valence-electron chi connectivity index (χ4n) is 1.69. The van der Waals surface area contributed by atoms with E-state index < -0.39 is 0 Å².